The first-order chi connectivity index (χ1) is 12.5. The van der Waals surface area contributed by atoms with E-state index in [0.29, 0.717) is 31.0 Å². The minimum absolute atomic E-state index is 0.0222. The summed E-state index contributed by atoms with van der Waals surface area (Å²) < 4.78 is 44.0. The van der Waals surface area contributed by atoms with Crippen molar-refractivity contribution in [2.24, 2.45) is 0 Å². The molecule has 0 radical (unpaired) electrons. The number of alkyl halides is 3. The minimum atomic E-state index is -4.48. The molecule has 0 bridgehead atoms. The van der Waals surface area contributed by atoms with Gasteiger partial charge in [-0.25, -0.2) is 0 Å². The van der Waals surface area contributed by atoms with E-state index in [-0.39, 0.29) is 25.4 Å². The van der Waals surface area contributed by atoms with E-state index in [2.05, 4.69) is 27.0 Å². The van der Waals surface area contributed by atoms with E-state index >= 15 is 0 Å². The molecule has 0 saturated heterocycles. The fourth-order valence-electron chi connectivity index (χ4n) is 3.23. The van der Waals surface area contributed by atoms with Gasteiger partial charge in [0.05, 0.1) is 0 Å². The van der Waals surface area contributed by atoms with E-state index in [4.69, 9.17) is 0 Å². The third-order valence-corrected chi connectivity index (χ3v) is 9.79. The summed E-state index contributed by atoms with van der Waals surface area (Å²) in [6.45, 7) is 0. The van der Waals surface area contributed by atoms with Crippen LogP contribution in [0.3, 0.4) is 0 Å². The molecule has 0 fully saturated rings. The molecule has 0 aliphatic carbocycles. The van der Waals surface area contributed by atoms with Gasteiger partial charge >= 0.3 is 158 Å². The second-order valence-corrected chi connectivity index (χ2v) is 11.3. The summed E-state index contributed by atoms with van der Waals surface area (Å²) in [7, 11) is 0. The predicted octanol–water partition coefficient (Wildman–Crippen LogP) is 4.74. The van der Waals surface area contributed by atoms with Gasteiger partial charge in [0.1, 0.15) is 0 Å². The molecule has 0 saturated carbocycles. The van der Waals surface area contributed by atoms with E-state index in [1.807, 2.05) is 0 Å². The molecule has 26 heavy (non-hydrogen) atoms. The average Bonchev–Trinajstić information content (AvgIpc) is 3.19. The summed E-state index contributed by atoms with van der Waals surface area (Å²) in [5.74, 6) is 0. The van der Waals surface area contributed by atoms with Crippen LogP contribution in [0.1, 0.15) is 5.56 Å². The molecule has 0 aliphatic rings. The molecule has 0 atom stereocenters. The Hall–Kier alpha value is -1.91. The maximum atomic E-state index is 13.9. The van der Waals surface area contributed by atoms with Crippen LogP contribution in [-0.2, 0) is 6.18 Å². The third-order valence-electron chi connectivity index (χ3n) is 4.32. The third kappa shape index (κ3) is 2.47. The standard InChI is InChI=1S/C19H9F3N2Se2/c20-19(21,22)15-12-4-2-1-3-10(12)7-13-16(23-9-24-17(13)15)14-8-11-5-6-25-18(11)26-14/h1-9H. The summed E-state index contributed by atoms with van der Waals surface area (Å²) in [6, 6.07) is 12.5. The van der Waals surface area contributed by atoms with Crippen molar-refractivity contribution in [2.45, 2.75) is 6.18 Å². The van der Waals surface area contributed by atoms with Crippen LogP contribution in [0.25, 0.3) is 40.3 Å². The SMILES string of the molecule is FC(F)(F)c1c2ccccc2cc2c(-c3cc4cc[se]c4[se]3)ncnc12. The van der Waals surface area contributed by atoms with Crippen molar-refractivity contribution >= 4 is 59.2 Å². The number of nitrogens with zero attached hydrogens (tertiary/aromatic N) is 2. The molecule has 2 nitrogen and oxygen atoms in total. The fourth-order valence-corrected chi connectivity index (χ4v) is 8.57. The van der Waals surface area contributed by atoms with Crippen LogP contribution in [0.4, 0.5) is 13.2 Å². The molecule has 7 heteroatoms. The molecule has 0 unspecified atom stereocenters. The van der Waals surface area contributed by atoms with Crippen LogP contribution >= 0.6 is 0 Å². The van der Waals surface area contributed by atoms with Gasteiger partial charge in [0.2, 0.25) is 0 Å². The van der Waals surface area contributed by atoms with E-state index < -0.39 is 11.7 Å². The van der Waals surface area contributed by atoms with E-state index in [1.54, 1.807) is 24.3 Å². The Balaban J connectivity index is 1.92. The normalized spacial score (nSPS) is 12.4. The second-order valence-electron chi connectivity index (χ2n) is 5.86. The molecule has 3 aromatic heterocycles. The van der Waals surface area contributed by atoms with Gasteiger partial charge in [-0.3, -0.25) is 0 Å². The average molecular weight is 480 g/mol. The van der Waals surface area contributed by atoms with Crippen LogP contribution < -0.4 is 0 Å². The molecule has 5 aromatic rings. The van der Waals surface area contributed by atoms with Gasteiger partial charge in [-0.1, -0.05) is 0 Å². The Morgan fingerprint density at radius 3 is 2.54 bits per heavy atom. The number of aromatic nitrogens is 2. The number of hydrogen-bond acceptors (Lipinski definition) is 2. The van der Waals surface area contributed by atoms with Crippen LogP contribution in [0.15, 0.2) is 53.7 Å². The maximum absolute atomic E-state index is 13.9. The molecule has 0 aliphatic heterocycles. The van der Waals surface area contributed by atoms with E-state index in [1.165, 1.54) is 20.9 Å². The Labute approximate surface area is 157 Å². The van der Waals surface area contributed by atoms with Gasteiger partial charge < -0.3 is 0 Å². The first kappa shape index (κ1) is 16.3. The summed E-state index contributed by atoms with van der Waals surface area (Å²) >= 11 is 0.477. The number of fused-ring (bicyclic) bond motifs is 3. The quantitative estimate of drug-likeness (QED) is 0.256. The van der Waals surface area contributed by atoms with Crippen molar-refractivity contribution in [3.63, 3.8) is 0 Å². The fraction of sp³-hybridized carbons (Fsp3) is 0.0526. The Bertz CT molecular complexity index is 1260. The van der Waals surface area contributed by atoms with Crippen LogP contribution in [-0.4, -0.2) is 39.0 Å². The molecule has 128 valence electrons. The Morgan fingerprint density at radius 1 is 0.885 bits per heavy atom. The number of rotatable bonds is 1. The van der Waals surface area contributed by atoms with E-state index in [0.717, 1.165) is 4.44 Å². The summed E-state index contributed by atoms with van der Waals surface area (Å²) in [4.78, 5) is 10.6. The van der Waals surface area contributed by atoms with Gasteiger partial charge in [-0.2, -0.15) is 0 Å². The molecule has 0 spiro atoms. The van der Waals surface area contributed by atoms with E-state index in [9.17, 15) is 13.2 Å². The summed E-state index contributed by atoms with van der Waals surface area (Å²) in [6.07, 6.45) is -3.23. The van der Waals surface area contributed by atoms with Crippen molar-refractivity contribution in [3.8, 4) is 10.1 Å². The van der Waals surface area contributed by atoms with Crippen molar-refractivity contribution in [1.82, 2.24) is 9.97 Å². The molecule has 0 amide bonds. The molecule has 0 N–H and O–H groups in total. The number of benzene rings is 2. The molecule has 2 aromatic carbocycles. The number of hydrogen-bond donors (Lipinski definition) is 0. The summed E-state index contributed by atoms with van der Waals surface area (Å²) in [5.41, 5.74) is -0.0687. The Morgan fingerprint density at radius 2 is 1.73 bits per heavy atom. The van der Waals surface area contributed by atoms with Crippen LogP contribution in [0, 0.1) is 0 Å². The van der Waals surface area contributed by atoms with Crippen molar-refractivity contribution < 1.29 is 13.2 Å². The summed E-state index contributed by atoms with van der Waals surface area (Å²) in [5, 5.41) is 2.42. The molecular formula is C19H9F3N2Se2. The molecule has 5 rings (SSSR count). The Kier molecular flexibility index (Phi) is 3.63. The molecule has 3 heterocycles. The monoisotopic (exact) mass is 482 g/mol. The zero-order valence-electron chi connectivity index (χ0n) is 13.0. The van der Waals surface area contributed by atoms with Gasteiger partial charge in [0.15, 0.2) is 0 Å². The topological polar surface area (TPSA) is 25.8 Å². The van der Waals surface area contributed by atoms with Gasteiger partial charge in [-0.15, -0.1) is 0 Å². The molecular weight excluding hydrogens is 471 g/mol. The first-order valence-corrected chi connectivity index (χ1v) is 11.3. The first-order valence-electron chi connectivity index (χ1n) is 7.73. The zero-order valence-corrected chi connectivity index (χ0v) is 16.5. The van der Waals surface area contributed by atoms with Crippen LogP contribution in [0.5, 0.6) is 0 Å². The van der Waals surface area contributed by atoms with Gasteiger partial charge in [0.25, 0.3) is 0 Å². The number of halogens is 3. The van der Waals surface area contributed by atoms with Crippen LogP contribution in [0.2, 0.25) is 0 Å². The van der Waals surface area contributed by atoms with Crippen molar-refractivity contribution in [3.05, 3.63) is 59.3 Å². The zero-order chi connectivity index (χ0) is 17.9. The van der Waals surface area contributed by atoms with Crippen molar-refractivity contribution in [2.75, 3.05) is 0 Å². The van der Waals surface area contributed by atoms with Crippen molar-refractivity contribution in [1.29, 1.82) is 0 Å². The predicted molar refractivity (Wildman–Crippen MR) is 98.9 cm³/mol. The van der Waals surface area contributed by atoms with Gasteiger partial charge in [0, 0.05) is 0 Å². The second kappa shape index (κ2) is 5.80. The van der Waals surface area contributed by atoms with Gasteiger partial charge in [-0.05, 0) is 0 Å².